The number of carboxylic acid groups (broad SMARTS) is 1. The Kier molecular flexibility index (Phi) is 7.80. The largest absolute Gasteiger partial charge is 0.480 e. The maximum absolute atomic E-state index is 12.6. The molecule has 8 nitrogen and oxygen atoms in total. The monoisotopic (exact) mass is 347 g/mol. The molecule has 0 unspecified atom stereocenters. The zero-order valence-electron chi connectivity index (χ0n) is 13.4. The zero-order valence-corrected chi connectivity index (χ0v) is 14.2. The van der Waals surface area contributed by atoms with Gasteiger partial charge in [-0.05, 0) is 38.2 Å². The minimum atomic E-state index is -1.13. The Morgan fingerprint density at radius 3 is 2.61 bits per heavy atom. The smallest absolute Gasteiger partial charge is 0.326 e. The predicted octanol–water partition coefficient (Wildman–Crippen LogP) is -0.992. The maximum atomic E-state index is 12.6. The number of aliphatic hydroxyl groups excluding tert-OH is 1. The first-order chi connectivity index (χ1) is 10.8. The number of hydrogen-bond acceptors (Lipinski definition) is 6. The third-order valence-electron chi connectivity index (χ3n) is 3.87. The highest BCUT2D eigenvalue weighted by Crippen LogP contribution is 2.19. The van der Waals surface area contributed by atoms with Gasteiger partial charge in [-0.25, -0.2) is 4.79 Å². The quantitative estimate of drug-likeness (QED) is 0.443. The molecular weight excluding hydrogens is 322 g/mol. The molecule has 132 valence electrons. The van der Waals surface area contributed by atoms with E-state index in [9.17, 15) is 24.6 Å². The molecule has 1 saturated heterocycles. The summed E-state index contributed by atoms with van der Waals surface area (Å²) < 4.78 is 0. The number of carboxylic acids is 1. The van der Waals surface area contributed by atoms with Crippen LogP contribution >= 0.6 is 11.8 Å². The number of nitrogens with one attached hydrogen (secondary N) is 1. The van der Waals surface area contributed by atoms with E-state index < -0.39 is 42.0 Å². The molecule has 5 N–H and O–H groups in total. The highest BCUT2D eigenvalue weighted by Gasteiger charge is 2.37. The van der Waals surface area contributed by atoms with E-state index in [4.69, 9.17) is 5.73 Å². The molecule has 1 rings (SSSR count). The van der Waals surface area contributed by atoms with Gasteiger partial charge in [0, 0.05) is 6.54 Å². The van der Waals surface area contributed by atoms with Crippen molar-refractivity contribution in [3.05, 3.63) is 0 Å². The minimum absolute atomic E-state index is 0.365. The molecule has 1 heterocycles. The van der Waals surface area contributed by atoms with Crippen LogP contribution in [0, 0.1) is 0 Å². The van der Waals surface area contributed by atoms with Gasteiger partial charge in [0.15, 0.2) is 0 Å². The maximum Gasteiger partial charge on any atom is 0.326 e. The van der Waals surface area contributed by atoms with Crippen molar-refractivity contribution in [1.29, 1.82) is 0 Å². The van der Waals surface area contributed by atoms with E-state index in [-0.39, 0.29) is 0 Å². The Morgan fingerprint density at radius 2 is 2.09 bits per heavy atom. The van der Waals surface area contributed by atoms with Crippen LogP contribution in [0.4, 0.5) is 0 Å². The number of rotatable bonds is 8. The number of aliphatic hydroxyl groups is 1. The highest BCUT2D eigenvalue weighted by molar-refractivity contribution is 7.98. The number of carbonyl (C=O) groups is 3. The number of amides is 2. The van der Waals surface area contributed by atoms with Gasteiger partial charge in [0.25, 0.3) is 0 Å². The van der Waals surface area contributed by atoms with Crippen LogP contribution in [-0.2, 0) is 14.4 Å². The van der Waals surface area contributed by atoms with Gasteiger partial charge in [0.2, 0.25) is 11.8 Å². The van der Waals surface area contributed by atoms with Gasteiger partial charge in [0.05, 0.1) is 6.10 Å². The van der Waals surface area contributed by atoms with E-state index in [1.165, 1.54) is 23.6 Å². The van der Waals surface area contributed by atoms with E-state index in [1.54, 1.807) is 0 Å². The van der Waals surface area contributed by atoms with Crippen molar-refractivity contribution in [3.8, 4) is 0 Å². The van der Waals surface area contributed by atoms with Crippen molar-refractivity contribution >= 4 is 29.5 Å². The Balaban J connectivity index is 2.82. The Labute approximate surface area is 139 Å². The molecule has 0 radical (unpaired) electrons. The topological polar surface area (TPSA) is 133 Å². The third kappa shape index (κ3) is 5.36. The molecule has 1 fully saturated rings. The molecule has 23 heavy (non-hydrogen) atoms. The van der Waals surface area contributed by atoms with Crippen molar-refractivity contribution < 1.29 is 24.6 Å². The van der Waals surface area contributed by atoms with Crippen LogP contribution in [0.5, 0.6) is 0 Å². The van der Waals surface area contributed by atoms with Gasteiger partial charge >= 0.3 is 5.97 Å². The summed E-state index contributed by atoms with van der Waals surface area (Å²) in [4.78, 5) is 37.2. The molecule has 0 aromatic rings. The van der Waals surface area contributed by atoms with Crippen LogP contribution in [-0.4, -0.2) is 75.7 Å². The average molecular weight is 347 g/mol. The number of carbonyl (C=O) groups excluding carboxylic acids is 2. The van der Waals surface area contributed by atoms with Crippen molar-refractivity contribution in [3.63, 3.8) is 0 Å². The van der Waals surface area contributed by atoms with Crippen LogP contribution in [0.25, 0.3) is 0 Å². The summed E-state index contributed by atoms with van der Waals surface area (Å²) in [7, 11) is 0. The fourth-order valence-electron chi connectivity index (χ4n) is 2.47. The fraction of sp³-hybridized carbons (Fsp3) is 0.786. The van der Waals surface area contributed by atoms with Gasteiger partial charge in [-0.2, -0.15) is 11.8 Å². The average Bonchev–Trinajstić information content (AvgIpc) is 2.99. The van der Waals surface area contributed by atoms with Gasteiger partial charge in [-0.1, -0.05) is 0 Å². The van der Waals surface area contributed by atoms with Crippen molar-refractivity contribution in [2.45, 2.75) is 50.4 Å². The Bertz CT molecular complexity index is 446. The van der Waals surface area contributed by atoms with E-state index in [2.05, 4.69) is 5.32 Å². The van der Waals surface area contributed by atoms with Crippen LogP contribution in [0.2, 0.25) is 0 Å². The summed E-state index contributed by atoms with van der Waals surface area (Å²) in [6.07, 6.45) is 2.25. The number of nitrogens with two attached hydrogens (primary N) is 1. The molecule has 0 aromatic heterocycles. The second-order valence-electron chi connectivity index (χ2n) is 5.64. The van der Waals surface area contributed by atoms with Gasteiger partial charge in [-0.15, -0.1) is 0 Å². The predicted molar refractivity (Wildman–Crippen MR) is 87.0 cm³/mol. The summed E-state index contributed by atoms with van der Waals surface area (Å²) in [6, 6.07) is -2.81. The molecular formula is C14H25N3O5S. The number of likely N-dealkylation sites (tertiary alicyclic amines) is 1. The molecule has 0 spiro atoms. The highest BCUT2D eigenvalue weighted by atomic mass is 32.2. The van der Waals surface area contributed by atoms with Gasteiger partial charge < -0.3 is 26.2 Å². The van der Waals surface area contributed by atoms with E-state index >= 15 is 0 Å². The van der Waals surface area contributed by atoms with Crippen molar-refractivity contribution in [1.82, 2.24) is 10.2 Å². The molecule has 0 aliphatic carbocycles. The zero-order chi connectivity index (χ0) is 17.6. The molecule has 4 atom stereocenters. The fourth-order valence-corrected chi connectivity index (χ4v) is 2.94. The number of aliphatic carboxylic acids is 1. The lowest BCUT2D eigenvalue weighted by Crippen LogP contribution is -2.56. The second-order valence-corrected chi connectivity index (χ2v) is 6.62. The van der Waals surface area contributed by atoms with Crippen LogP contribution in [0.15, 0.2) is 0 Å². The number of thioether (sulfide) groups is 1. The molecule has 1 aliphatic heterocycles. The number of hydrogen-bond donors (Lipinski definition) is 4. The first-order valence-corrected chi connectivity index (χ1v) is 8.95. The van der Waals surface area contributed by atoms with E-state index in [1.807, 2.05) is 6.26 Å². The minimum Gasteiger partial charge on any atom is -0.480 e. The normalized spacial score (nSPS) is 21.6. The lowest BCUT2D eigenvalue weighted by atomic mass is 10.1. The van der Waals surface area contributed by atoms with Gasteiger partial charge in [-0.3, -0.25) is 9.59 Å². The van der Waals surface area contributed by atoms with Gasteiger partial charge in [0.1, 0.15) is 18.1 Å². The molecule has 0 aromatic carbocycles. The summed E-state index contributed by atoms with van der Waals surface area (Å²) in [5.41, 5.74) is 5.58. The SMILES string of the molecule is CSCC[C@H](NC(=O)[C@@H](N)[C@@H](C)O)C(=O)N1CCC[C@@H]1C(=O)O. The lowest BCUT2D eigenvalue weighted by molar-refractivity contribution is -0.149. The van der Waals surface area contributed by atoms with Crippen molar-refractivity contribution in [2.75, 3.05) is 18.6 Å². The molecule has 0 saturated carbocycles. The Hall–Kier alpha value is -1.32. The summed E-state index contributed by atoms with van der Waals surface area (Å²) in [5.74, 6) is -1.43. The molecule has 2 amide bonds. The van der Waals surface area contributed by atoms with E-state index in [0.717, 1.165) is 0 Å². The summed E-state index contributed by atoms with van der Waals surface area (Å²) in [6.45, 7) is 1.76. The van der Waals surface area contributed by atoms with Crippen LogP contribution in [0.3, 0.4) is 0 Å². The number of nitrogens with zero attached hydrogens (tertiary/aromatic N) is 1. The summed E-state index contributed by atoms with van der Waals surface area (Å²) >= 11 is 1.52. The first kappa shape index (κ1) is 19.7. The molecule has 1 aliphatic rings. The Morgan fingerprint density at radius 1 is 1.43 bits per heavy atom. The lowest BCUT2D eigenvalue weighted by Gasteiger charge is -2.28. The van der Waals surface area contributed by atoms with Crippen molar-refractivity contribution in [2.24, 2.45) is 5.73 Å². The summed E-state index contributed by atoms with van der Waals surface area (Å²) in [5, 5.41) is 21.1. The second kappa shape index (κ2) is 9.09. The van der Waals surface area contributed by atoms with Crippen LogP contribution < -0.4 is 11.1 Å². The molecule has 9 heteroatoms. The first-order valence-electron chi connectivity index (χ1n) is 7.55. The van der Waals surface area contributed by atoms with Crippen LogP contribution in [0.1, 0.15) is 26.2 Å². The molecule has 0 bridgehead atoms. The van der Waals surface area contributed by atoms with E-state index in [0.29, 0.717) is 31.6 Å². The third-order valence-corrected chi connectivity index (χ3v) is 4.51. The standard InChI is InChI=1S/C14H25N3O5S/c1-8(18)11(15)12(19)16-9(5-7-23-2)13(20)17-6-3-4-10(17)14(21)22/h8-11,18H,3-7,15H2,1-2H3,(H,16,19)(H,21,22)/t8-,9+,10-,11+/m1/s1.